The second kappa shape index (κ2) is 11.1. The molecule has 0 spiro atoms. The van der Waals surface area contributed by atoms with Crippen molar-refractivity contribution in [1.82, 2.24) is 5.43 Å². The average Bonchev–Trinajstić information content (AvgIpc) is 2.86. The first-order chi connectivity index (χ1) is 16.7. The molecule has 0 radical (unpaired) electrons. The molecule has 0 aliphatic heterocycles. The molecule has 0 aliphatic carbocycles. The first-order valence-electron chi connectivity index (χ1n) is 10.9. The number of methoxy groups -OCH3 is 2. The van der Waals surface area contributed by atoms with Crippen LogP contribution in [0, 0.1) is 13.8 Å². The molecule has 0 fully saturated rings. The van der Waals surface area contributed by atoms with Crippen molar-refractivity contribution in [2.45, 2.75) is 25.7 Å². The van der Waals surface area contributed by atoms with Crippen molar-refractivity contribution in [3.05, 3.63) is 83.4 Å². The van der Waals surface area contributed by atoms with Crippen LogP contribution < -0.4 is 19.2 Å². The summed E-state index contributed by atoms with van der Waals surface area (Å²) >= 11 is 0. The number of sulfonamides is 1. The summed E-state index contributed by atoms with van der Waals surface area (Å²) in [6.07, 6.45) is 0. The van der Waals surface area contributed by atoms with Gasteiger partial charge in [-0.25, -0.2) is 13.8 Å². The van der Waals surface area contributed by atoms with Crippen molar-refractivity contribution >= 4 is 27.3 Å². The van der Waals surface area contributed by atoms with E-state index in [2.05, 4.69) is 10.5 Å². The second-order valence-electron chi connectivity index (χ2n) is 7.92. The van der Waals surface area contributed by atoms with E-state index in [1.54, 1.807) is 56.5 Å². The molecule has 0 saturated heterocycles. The highest BCUT2D eigenvalue weighted by Crippen LogP contribution is 2.28. The maximum absolute atomic E-state index is 13.5. The lowest BCUT2D eigenvalue weighted by molar-refractivity contribution is -0.119. The van der Waals surface area contributed by atoms with Gasteiger partial charge in [-0.1, -0.05) is 35.9 Å². The van der Waals surface area contributed by atoms with Crippen molar-refractivity contribution < 1.29 is 22.7 Å². The Morgan fingerprint density at radius 2 is 1.63 bits per heavy atom. The van der Waals surface area contributed by atoms with E-state index in [9.17, 15) is 13.2 Å². The largest absolute Gasteiger partial charge is 0.493 e. The van der Waals surface area contributed by atoms with Gasteiger partial charge in [0.15, 0.2) is 11.5 Å². The van der Waals surface area contributed by atoms with E-state index in [4.69, 9.17) is 9.47 Å². The monoisotopic (exact) mass is 495 g/mol. The van der Waals surface area contributed by atoms with E-state index in [1.807, 2.05) is 26.0 Å². The van der Waals surface area contributed by atoms with Crippen LogP contribution in [0.4, 0.5) is 5.69 Å². The van der Waals surface area contributed by atoms with Gasteiger partial charge in [-0.05, 0) is 62.7 Å². The Morgan fingerprint density at radius 1 is 0.943 bits per heavy atom. The number of hydrogen-bond acceptors (Lipinski definition) is 6. The van der Waals surface area contributed by atoms with Crippen molar-refractivity contribution in [3.8, 4) is 11.5 Å². The fraction of sp³-hybridized carbons (Fsp3) is 0.231. The third-order valence-corrected chi connectivity index (χ3v) is 7.16. The van der Waals surface area contributed by atoms with Crippen LogP contribution in [0.5, 0.6) is 11.5 Å². The predicted molar refractivity (Wildman–Crippen MR) is 137 cm³/mol. The number of rotatable bonds is 9. The molecule has 1 amide bonds. The second-order valence-corrected chi connectivity index (χ2v) is 9.78. The number of carbonyl (C=O) groups is 1. The van der Waals surface area contributed by atoms with Gasteiger partial charge >= 0.3 is 0 Å². The normalized spacial score (nSPS) is 11.6. The van der Waals surface area contributed by atoms with Gasteiger partial charge < -0.3 is 9.47 Å². The van der Waals surface area contributed by atoms with Crippen LogP contribution in [-0.2, 0) is 14.8 Å². The van der Waals surface area contributed by atoms with Crippen molar-refractivity contribution in [2.24, 2.45) is 5.10 Å². The van der Waals surface area contributed by atoms with E-state index >= 15 is 0 Å². The summed E-state index contributed by atoms with van der Waals surface area (Å²) in [5.74, 6) is 0.522. The van der Waals surface area contributed by atoms with Crippen LogP contribution in [0.15, 0.2) is 76.7 Å². The molecule has 35 heavy (non-hydrogen) atoms. The number of hydrazone groups is 1. The summed E-state index contributed by atoms with van der Waals surface area (Å²) in [6, 6.07) is 18.7. The van der Waals surface area contributed by atoms with Gasteiger partial charge in [-0.2, -0.15) is 5.10 Å². The maximum Gasteiger partial charge on any atom is 0.264 e. The Hall–Kier alpha value is -3.85. The zero-order valence-electron chi connectivity index (χ0n) is 20.4. The molecule has 8 nitrogen and oxygen atoms in total. The molecule has 1 N–H and O–H groups in total. The molecule has 0 aromatic heterocycles. The van der Waals surface area contributed by atoms with Crippen LogP contribution in [0.3, 0.4) is 0 Å². The number of nitrogens with zero attached hydrogens (tertiary/aromatic N) is 2. The third kappa shape index (κ3) is 5.99. The zero-order chi connectivity index (χ0) is 25.6. The molecule has 0 bridgehead atoms. The van der Waals surface area contributed by atoms with E-state index in [0.717, 1.165) is 15.4 Å². The van der Waals surface area contributed by atoms with Gasteiger partial charge in [0.05, 0.1) is 30.5 Å². The van der Waals surface area contributed by atoms with E-state index < -0.39 is 22.5 Å². The average molecular weight is 496 g/mol. The zero-order valence-corrected chi connectivity index (χ0v) is 21.2. The van der Waals surface area contributed by atoms with E-state index in [0.29, 0.717) is 28.5 Å². The Labute approximate surface area is 206 Å². The first-order valence-corrected chi connectivity index (χ1v) is 12.3. The maximum atomic E-state index is 13.5. The summed E-state index contributed by atoms with van der Waals surface area (Å²) in [7, 11) is -0.921. The number of hydrogen-bond donors (Lipinski definition) is 1. The van der Waals surface area contributed by atoms with Gasteiger partial charge in [0.2, 0.25) is 0 Å². The van der Waals surface area contributed by atoms with Gasteiger partial charge in [0.25, 0.3) is 15.9 Å². The summed E-state index contributed by atoms with van der Waals surface area (Å²) in [6.45, 7) is 5.02. The summed E-state index contributed by atoms with van der Waals surface area (Å²) < 4.78 is 38.6. The lowest BCUT2D eigenvalue weighted by Crippen LogP contribution is -2.40. The van der Waals surface area contributed by atoms with Crippen LogP contribution in [0.25, 0.3) is 0 Å². The third-order valence-electron chi connectivity index (χ3n) is 5.39. The number of ether oxygens (including phenoxy) is 2. The molecule has 9 heteroatoms. The van der Waals surface area contributed by atoms with Gasteiger partial charge in [-0.3, -0.25) is 9.10 Å². The molecule has 0 aliphatic rings. The van der Waals surface area contributed by atoms with Gasteiger partial charge in [0, 0.05) is 5.56 Å². The number of nitrogens with one attached hydrogen (secondary N) is 1. The molecule has 3 aromatic rings. The number of anilines is 1. The summed E-state index contributed by atoms with van der Waals surface area (Å²) in [5, 5.41) is 4.16. The van der Waals surface area contributed by atoms with Crippen LogP contribution in [-0.4, -0.2) is 40.8 Å². The highest BCUT2D eigenvalue weighted by molar-refractivity contribution is 7.92. The first kappa shape index (κ1) is 25.8. The minimum atomic E-state index is -4.00. The minimum Gasteiger partial charge on any atom is -0.493 e. The summed E-state index contributed by atoms with van der Waals surface area (Å²) in [4.78, 5) is 13.0. The van der Waals surface area contributed by atoms with E-state index in [1.165, 1.54) is 19.2 Å². The molecular weight excluding hydrogens is 466 g/mol. The number of amides is 1. The van der Waals surface area contributed by atoms with Crippen molar-refractivity contribution in [3.63, 3.8) is 0 Å². The Balaban J connectivity index is 1.88. The number of benzene rings is 3. The van der Waals surface area contributed by atoms with Gasteiger partial charge in [0.1, 0.15) is 6.54 Å². The quantitative estimate of drug-likeness (QED) is 0.357. The molecule has 184 valence electrons. The fourth-order valence-corrected chi connectivity index (χ4v) is 5.05. The highest BCUT2D eigenvalue weighted by atomic mass is 32.2. The lowest BCUT2D eigenvalue weighted by Gasteiger charge is -2.25. The van der Waals surface area contributed by atoms with E-state index in [-0.39, 0.29) is 4.90 Å². The number of carbonyl (C=O) groups excluding carboxylic acids is 1. The molecule has 0 heterocycles. The Bertz CT molecular complexity index is 1340. The smallest absolute Gasteiger partial charge is 0.264 e. The lowest BCUT2D eigenvalue weighted by atomic mass is 10.1. The summed E-state index contributed by atoms with van der Waals surface area (Å²) in [5.41, 5.74) is 5.86. The molecule has 0 saturated carbocycles. The molecule has 0 unspecified atom stereocenters. The molecule has 3 rings (SSSR count). The fourth-order valence-electron chi connectivity index (χ4n) is 3.54. The number of aryl methyl sites for hydroxylation is 2. The molecular formula is C26H29N3O5S. The molecule has 0 atom stereocenters. The van der Waals surface area contributed by atoms with Crippen molar-refractivity contribution in [2.75, 3.05) is 25.1 Å². The topological polar surface area (TPSA) is 97.3 Å². The molecule has 3 aromatic carbocycles. The standard InChI is InChI=1S/C26H29N3O5S/c1-18-11-13-23(19(2)15-18)29(35(31,32)22-9-7-6-8-10-22)17-26(30)28-27-20(3)21-12-14-24(33-4)25(16-21)34-5/h6-16H,17H2,1-5H3,(H,28,30)/b27-20+. The van der Waals surface area contributed by atoms with Crippen LogP contribution >= 0.6 is 0 Å². The van der Waals surface area contributed by atoms with Gasteiger partial charge in [-0.15, -0.1) is 0 Å². The highest BCUT2D eigenvalue weighted by Gasteiger charge is 2.28. The minimum absolute atomic E-state index is 0.0952. The predicted octanol–water partition coefficient (Wildman–Crippen LogP) is 4.06. The van der Waals surface area contributed by atoms with Crippen molar-refractivity contribution in [1.29, 1.82) is 0 Å². The van der Waals surface area contributed by atoms with Crippen LogP contribution in [0.1, 0.15) is 23.6 Å². The Morgan fingerprint density at radius 3 is 2.26 bits per heavy atom. The van der Waals surface area contributed by atoms with Crippen LogP contribution in [0.2, 0.25) is 0 Å². The Kier molecular flexibility index (Phi) is 8.14. The SMILES string of the molecule is COc1ccc(/C(C)=N/NC(=O)CN(c2ccc(C)cc2C)S(=O)(=O)c2ccccc2)cc1OC.